The summed E-state index contributed by atoms with van der Waals surface area (Å²) in [5.41, 5.74) is 5.49. The van der Waals surface area contributed by atoms with Gasteiger partial charge >= 0.3 is 0 Å². The average Bonchev–Trinajstić information content (AvgIpc) is 3.46. The fourth-order valence-corrected chi connectivity index (χ4v) is 4.93. The first-order chi connectivity index (χ1) is 13.8. The van der Waals surface area contributed by atoms with Gasteiger partial charge in [-0.1, -0.05) is 54.8 Å². The lowest BCUT2D eigenvalue weighted by Crippen LogP contribution is -2.54. The standard InChI is InChI=1S/C21H27ClN6/c22-21-23-13-18-20(27(15-24-18)17-9-4-5-10-17)28(21)25-19-11-6-12-26(19)14-16-7-2-1-3-8-16/h1-3,7-8,13,15,17,19,21,25H,4-6,9-12,14H2/t19?,21-/m1/s1. The summed E-state index contributed by atoms with van der Waals surface area (Å²) in [4.78, 5) is 11.6. The van der Waals surface area contributed by atoms with Gasteiger partial charge in [-0.25, -0.2) is 15.4 Å². The SMILES string of the molecule is Cl[C@@H]1N=Cc2ncn(C3CCCC3)c2N1NC1CCCN1Cc1ccccc1. The number of halogens is 1. The van der Waals surface area contributed by atoms with E-state index in [1.54, 1.807) is 0 Å². The van der Waals surface area contributed by atoms with E-state index in [0.29, 0.717) is 6.04 Å². The zero-order valence-electron chi connectivity index (χ0n) is 16.0. The second-order valence-electron chi connectivity index (χ2n) is 8.00. The third-order valence-electron chi connectivity index (χ3n) is 6.15. The summed E-state index contributed by atoms with van der Waals surface area (Å²) in [6, 6.07) is 11.2. The molecule has 3 aliphatic rings. The molecule has 2 fully saturated rings. The van der Waals surface area contributed by atoms with Gasteiger partial charge in [-0.2, -0.15) is 0 Å². The predicted octanol–water partition coefficient (Wildman–Crippen LogP) is 3.89. The molecule has 2 atom stereocenters. The van der Waals surface area contributed by atoms with E-state index in [1.165, 1.54) is 37.7 Å². The van der Waals surface area contributed by atoms with Gasteiger partial charge in [0.2, 0.25) is 5.62 Å². The molecule has 1 N–H and O–H groups in total. The Kier molecular flexibility index (Phi) is 5.09. The van der Waals surface area contributed by atoms with Crippen molar-refractivity contribution < 1.29 is 0 Å². The van der Waals surface area contributed by atoms with E-state index in [1.807, 2.05) is 17.6 Å². The molecular formula is C21H27ClN6. The molecule has 1 saturated carbocycles. The minimum Gasteiger partial charge on any atom is -0.313 e. The van der Waals surface area contributed by atoms with Crippen molar-refractivity contribution in [3.8, 4) is 0 Å². The maximum Gasteiger partial charge on any atom is 0.212 e. The quantitative estimate of drug-likeness (QED) is 0.613. The lowest BCUT2D eigenvalue weighted by molar-refractivity contribution is 0.203. The zero-order valence-corrected chi connectivity index (χ0v) is 16.8. The summed E-state index contributed by atoms with van der Waals surface area (Å²) in [7, 11) is 0. The average molecular weight is 399 g/mol. The maximum atomic E-state index is 6.64. The van der Waals surface area contributed by atoms with Gasteiger partial charge < -0.3 is 4.57 Å². The van der Waals surface area contributed by atoms with Crippen molar-refractivity contribution in [1.82, 2.24) is 19.9 Å². The van der Waals surface area contributed by atoms with Crippen molar-refractivity contribution in [2.45, 2.75) is 62.9 Å². The van der Waals surface area contributed by atoms with Crippen molar-refractivity contribution in [3.63, 3.8) is 0 Å². The van der Waals surface area contributed by atoms with E-state index in [9.17, 15) is 0 Å². The largest absolute Gasteiger partial charge is 0.313 e. The van der Waals surface area contributed by atoms with Gasteiger partial charge in [0, 0.05) is 19.1 Å². The predicted molar refractivity (Wildman–Crippen MR) is 112 cm³/mol. The van der Waals surface area contributed by atoms with Crippen LogP contribution < -0.4 is 10.4 Å². The Morgan fingerprint density at radius 2 is 1.89 bits per heavy atom. The first kappa shape index (κ1) is 18.2. The normalized spacial score (nSPS) is 25.5. The highest BCUT2D eigenvalue weighted by Crippen LogP contribution is 2.36. The number of hydrogen-bond donors (Lipinski definition) is 1. The zero-order chi connectivity index (χ0) is 18.9. The van der Waals surface area contributed by atoms with E-state index in [4.69, 9.17) is 11.6 Å². The summed E-state index contributed by atoms with van der Waals surface area (Å²) < 4.78 is 2.31. The maximum absolute atomic E-state index is 6.64. The monoisotopic (exact) mass is 398 g/mol. The summed E-state index contributed by atoms with van der Waals surface area (Å²) in [5, 5.41) is 2.04. The first-order valence-corrected chi connectivity index (χ1v) is 10.8. The van der Waals surface area contributed by atoms with Crippen LogP contribution in [-0.2, 0) is 6.54 Å². The molecule has 1 aliphatic carbocycles. The molecule has 6 nitrogen and oxygen atoms in total. The van der Waals surface area contributed by atoms with Crippen LogP contribution in [0.1, 0.15) is 55.8 Å². The van der Waals surface area contributed by atoms with Gasteiger partial charge in [-0.05, 0) is 31.2 Å². The Hall–Kier alpha value is -1.89. The number of alkyl halides is 1. The summed E-state index contributed by atoms with van der Waals surface area (Å²) in [6.45, 7) is 2.03. The Labute approximate surface area is 171 Å². The first-order valence-electron chi connectivity index (χ1n) is 10.4. The molecule has 148 valence electrons. The van der Waals surface area contributed by atoms with Crippen LogP contribution in [0.3, 0.4) is 0 Å². The summed E-state index contributed by atoms with van der Waals surface area (Å²) in [6.07, 6.45) is 11.3. The minimum atomic E-state index is -0.455. The van der Waals surface area contributed by atoms with Crippen LogP contribution in [-0.4, -0.2) is 39.0 Å². The highest BCUT2D eigenvalue weighted by atomic mass is 35.5. The highest BCUT2D eigenvalue weighted by Gasteiger charge is 2.34. The number of rotatable bonds is 5. The Balaban J connectivity index is 1.37. The van der Waals surface area contributed by atoms with E-state index in [-0.39, 0.29) is 6.17 Å². The molecule has 28 heavy (non-hydrogen) atoms. The molecule has 0 radical (unpaired) electrons. The number of aromatic nitrogens is 2. The molecule has 1 saturated heterocycles. The van der Waals surface area contributed by atoms with Crippen molar-refractivity contribution in [2.75, 3.05) is 11.6 Å². The van der Waals surface area contributed by atoms with Gasteiger partial charge in [0.05, 0.1) is 18.7 Å². The molecule has 0 amide bonds. The van der Waals surface area contributed by atoms with Crippen molar-refractivity contribution in [1.29, 1.82) is 0 Å². The second kappa shape index (κ2) is 7.85. The molecule has 5 rings (SSSR count). The molecule has 3 heterocycles. The number of aliphatic imine (C=N–C) groups is 1. The van der Waals surface area contributed by atoms with E-state index in [0.717, 1.165) is 31.0 Å². The number of anilines is 1. The second-order valence-corrected chi connectivity index (χ2v) is 8.39. The molecule has 1 unspecified atom stereocenters. The van der Waals surface area contributed by atoms with Crippen LogP contribution in [0, 0.1) is 0 Å². The van der Waals surface area contributed by atoms with Crippen molar-refractivity contribution >= 4 is 23.6 Å². The lowest BCUT2D eigenvalue weighted by atomic mass is 10.2. The van der Waals surface area contributed by atoms with E-state index in [2.05, 4.69) is 55.2 Å². The van der Waals surface area contributed by atoms with Gasteiger partial charge in [-0.15, -0.1) is 0 Å². The Bertz CT molecular complexity index is 829. The Morgan fingerprint density at radius 3 is 2.71 bits per heavy atom. The van der Waals surface area contributed by atoms with Crippen LogP contribution in [0.25, 0.3) is 0 Å². The molecule has 2 aliphatic heterocycles. The third kappa shape index (κ3) is 3.45. The fourth-order valence-electron chi connectivity index (χ4n) is 4.72. The molecular weight excluding hydrogens is 372 g/mol. The van der Waals surface area contributed by atoms with Gasteiger partial charge in [0.1, 0.15) is 5.69 Å². The number of imidazole rings is 1. The summed E-state index contributed by atoms with van der Waals surface area (Å²) in [5.74, 6) is 1.06. The molecule has 2 aromatic rings. The number of fused-ring (bicyclic) bond motifs is 1. The molecule has 0 spiro atoms. The van der Waals surface area contributed by atoms with Crippen LogP contribution >= 0.6 is 11.6 Å². The van der Waals surface area contributed by atoms with Gasteiger partial charge in [0.15, 0.2) is 5.82 Å². The van der Waals surface area contributed by atoms with Crippen molar-refractivity contribution in [2.24, 2.45) is 4.99 Å². The summed E-state index contributed by atoms with van der Waals surface area (Å²) >= 11 is 6.64. The molecule has 7 heteroatoms. The number of likely N-dealkylation sites (tertiary alicyclic amines) is 1. The number of nitrogens with one attached hydrogen (secondary N) is 1. The highest BCUT2D eigenvalue weighted by molar-refractivity contribution is 6.22. The third-order valence-corrected chi connectivity index (χ3v) is 6.46. The fraction of sp³-hybridized carbons (Fsp3) is 0.524. The van der Waals surface area contributed by atoms with Gasteiger partial charge in [-0.3, -0.25) is 9.91 Å². The van der Waals surface area contributed by atoms with Crippen molar-refractivity contribution in [3.05, 3.63) is 47.9 Å². The molecule has 1 aromatic carbocycles. The van der Waals surface area contributed by atoms with E-state index >= 15 is 0 Å². The number of nitrogens with zero attached hydrogens (tertiary/aromatic N) is 5. The van der Waals surface area contributed by atoms with Crippen LogP contribution in [0.15, 0.2) is 41.7 Å². The number of hydrazine groups is 1. The number of hydrogen-bond acceptors (Lipinski definition) is 5. The van der Waals surface area contributed by atoms with Crippen LogP contribution in [0.4, 0.5) is 5.82 Å². The number of benzene rings is 1. The Morgan fingerprint density at radius 1 is 1.07 bits per heavy atom. The minimum absolute atomic E-state index is 0.245. The van der Waals surface area contributed by atoms with Crippen LogP contribution in [0.2, 0.25) is 0 Å². The lowest BCUT2D eigenvalue weighted by Gasteiger charge is -2.37. The smallest absolute Gasteiger partial charge is 0.212 e. The van der Waals surface area contributed by atoms with E-state index < -0.39 is 5.62 Å². The molecule has 0 bridgehead atoms. The van der Waals surface area contributed by atoms with Gasteiger partial charge in [0.25, 0.3) is 0 Å². The molecule has 1 aromatic heterocycles. The van der Waals surface area contributed by atoms with Crippen LogP contribution in [0.5, 0.6) is 0 Å². The topological polar surface area (TPSA) is 48.7 Å².